The van der Waals surface area contributed by atoms with E-state index in [9.17, 15) is 9.59 Å². The van der Waals surface area contributed by atoms with Crippen molar-refractivity contribution in [3.8, 4) is 5.75 Å². The van der Waals surface area contributed by atoms with Gasteiger partial charge in [0.2, 0.25) is 5.91 Å². The summed E-state index contributed by atoms with van der Waals surface area (Å²) in [5.41, 5.74) is 4.76. The van der Waals surface area contributed by atoms with Gasteiger partial charge in [-0.1, -0.05) is 26.8 Å². The van der Waals surface area contributed by atoms with Crippen LogP contribution in [0.2, 0.25) is 0 Å². The van der Waals surface area contributed by atoms with Crippen LogP contribution in [0.1, 0.15) is 52.9 Å². The zero-order chi connectivity index (χ0) is 19.9. The van der Waals surface area contributed by atoms with Crippen molar-refractivity contribution >= 4 is 23.2 Å². The molecule has 2 bridgehead atoms. The van der Waals surface area contributed by atoms with Crippen molar-refractivity contribution in [2.24, 2.45) is 27.8 Å². The van der Waals surface area contributed by atoms with E-state index >= 15 is 0 Å². The van der Waals surface area contributed by atoms with Crippen LogP contribution in [0.25, 0.3) is 0 Å². The van der Waals surface area contributed by atoms with Crippen LogP contribution >= 0.6 is 0 Å². The van der Waals surface area contributed by atoms with Gasteiger partial charge in [-0.05, 0) is 55.6 Å². The van der Waals surface area contributed by atoms with Crippen LogP contribution in [-0.4, -0.2) is 24.1 Å². The monoisotopic (exact) mass is 383 g/mol. The highest BCUT2D eigenvalue weighted by atomic mass is 16.5. The van der Waals surface area contributed by atoms with Gasteiger partial charge >= 0.3 is 0 Å². The Morgan fingerprint density at radius 1 is 1.21 bits per heavy atom. The summed E-state index contributed by atoms with van der Waals surface area (Å²) in [6.07, 6.45) is 5.26. The van der Waals surface area contributed by atoms with E-state index in [0.29, 0.717) is 17.4 Å². The lowest BCUT2D eigenvalue weighted by Crippen LogP contribution is -2.35. The van der Waals surface area contributed by atoms with Gasteiger partial charge in [-0.2, -0.15) is 5.10 Å². The molecule has 4 rings (SSSR count). The molecule has 3 fully saturated rings. The van der Waals surface area contributed by atoms with Crippen LogP contribution in [0, 0.1) is 22.7 Å². The first-order valence-corrected chi connectivity index (χ1v) is 10.2. The molecule has 3 aliphatic rings. The van der Waals surface area contributed by atoms with Crippen molar-refractivity contribution in [2.75, 3.05) is 11.9 Å². The number of nitrogens with zero attached hydrogens (tertiary/aromatic N) is 1. The highest BCUT2D eigenvalue weighted by Gasteiger charge is 2.60. The maximum absolute atomic E-state index is 12.2. The number of amides is 2. The molecule has 2 unspecified atom stereocenters. The largest absolute Gasteiger partial charge is 0.484 e. The van der Waals surface area contributed by atoms with Gasteiger partial charge < -0.3 is 10.1 Å². The van der Waals surface area contributed by atoms with Crippen LogP contribution < -0.4 is 15.5 Å². The van der Waals surface area contributed by atoms with Crippen LogP contribution in [-0.2, 0) is 9.59 Å². The Hall–Kier alpha value is -2.37. The molecule has 3 aliphatic carbocycles. The first-order chi connectivity index (χ1) is 13.3. The Morgan fingerprint density at radius 3 is 2.64 bits per heavy atom. The Bertz CT molecular complexity index is 828. The highest BCUT2D eigenvalue weighted by Crippen LogP contribution is 2.63. The summed E-state index contributed by atoms with van der Waals surface area (Å²) in [7, 11) is 0. The molecule has 1 aromatic carbocycles. The number of nitrogens with one attached hydrogen (secondary N) is 2. The number of carbonyl (C=O) groups excluding carboxylic acids is 2. The lowest BCUT2D eigenvalue weighted by molar-refractivity contribution is -0.123. The number of anilines is 1. The smallest absolute Gasteiger partial charge is 0.277 e. The predicted octanol–water partition coefficient (Wildman–Crippen LogP) is 3.73. The number of ether oxygens (including phenoxy) is 1. The van der Waals surface area contributed by atoms with Gasteiger partial charge in [-0.15, -0.1) is 0 Å². The fraction of sp³-hybridized carbons (Fsp3) is 0.591. The Labute approximate surface area is 166 Å². The third kappa shape index (κ3) is 3.40. The van der Waals surface area contributed by atoms with E-state index in [1.165, 1.54) is 6.42 Å². The van der Waals surface area contributed by atoms with Crippen molar-refractivity contribution < 1.29 is 14.3 Å². The molecule has 0 saturated heterocycles. The molecule has 2 amide bonds. The fourth-order valence-electron chi connectivity index (χ4n) is 4.66. The highest BCUT2D eigenvalue weighted by molar-refractivity contribution is 5.95. The lowest BCUT2D eigenvalue weighted by Gasteiger charge is -2.34. The summed E-state index contributed by atoms with van der Waals surface area (Å²) in [5.74, 6) is 1.12. The SMILES string of the molecule is CC12CCC(CC1=NNC(=O)COc1cccc(NC(=O)C3CC3)c1)C2(C)C. The van der Waals surface area contributed by atoms with Crippen molar-refractivity contribution in [1.82, 2.24) is 5.43 Å². The van der Waals surface area contributed by atoms with E-state index in [0.717, 1.165) is 31.4 Å². The summed E-state index contributed by atoms with van der Waals surface area (Å²) in [5, 5.41) is 7.33. The van der Waals surface area contributed by atoms with Gasteiger partial charge in [0, 0.05) is 28.8 Å². The Morgan fingerprint density at radius 2 is 2.00 bits per heavy atom. The zero-order valence-electron chi connectivity index (χ0n) is 16.9. The molecule has 0 spiro atoms. The molecule has 28 heavy (non-hydrogen) atoms. The van der Waals surface area contributed by atoms with Crippen LogP contribution in [0.3, 0.4) is 0 Å². The second-order valence-corrected chi connectivity index (χ2v) is 9.17. The van der Waals surface area contributed by atoms with E-state index in [4.69, 9.17) is 4.74 Å². The number of hydrogen-bond acceptors (Lipinski definition) is 4. The molecular formula is C22H29N3O3. The number of hydrogen-bond donors (Lipinski definition) is 2. The minimum atomic E-state index is -0.274. The number of rotatable bonds is 6. The molecule has 150 valence electrons. The lowest BCUT2D eigenvalue weighted by atomic mass is 9.70. The van der Waals surface area contributed by atoms with E-state index in [2.05, 4.69) is 36.6 Å². The normalized spacial score (nSPS) is 29.0. The average molecular weight is 383 g/mol. The molecule has 2 atom stereocenters. The van der Waals surface area contributed by atoms with Gasteiger partial charge in [0.1, 0.15) is 5.75 Å². The summed E-state index contributed by atoms with van der Waals surface area (Å²) in [4.78, 5) is 24.1. The molecule has 1 aromatic rings. The van der Waals surface area contributed by atoms with Crippen LogP contribution in [0.4, 0.5) is 5.69 Å². The second kappa shape index (κ2) is 6.90. The molecule has 2 N–H and O–H groups in total. The van der Waals surface area contributed by atoms with Crippen molar-refractivity contribution in [1.29, 1.82) is 0 Å². The molecule has 0 radical (unpaired) electrons. The van der Waals surface area contributed by atoms with Gasteiger partial charge in [-0.25, -0.2) is 5.43 Å². The molecule has 6 heteroatoms. The fourth-order valence-corrected chi connectivity index (χ4v) is 4.66. The van der Waals surface area contributed by atoms with E-state index in [-0.39, 0.29) is 35.2 Å². The molecule has 0 aliphatic heterocycles. The number of carbonyl (C=O) groups is 2. The molecular weight excluding hydrogens is 354 g/mol. The predicted molar refractivity (Wildman–Crippen MR) is 108 cm³/mol. The quantitative estimate of drug-likeness (QED) is 0.735. The topological polar surface area (TPSA) is 79.8 Å². The number of fused-ring (bicyclic) bond motifs is 2. The molecule has 3 saturated carbocycles. The van der Waals surface area contributed by atoms with Gasteiger partial charge in [0.25, 0.3) is 5.91 Å². The van der Waals surface area contributed by atoms with Crippen LogP contribution in [0.5, 0.6) is 5.75 Å². The van der Waals surface area contributed by atoms with Crippen molar-refractivity contribution in [2.45, 2.75) is 52.9 Å². The van der Waals surface area contributed by atoms with Gasteiger partial charge in [-0.3, -0.25) is 9.59 Å². The summed E-state index contributed by atoms with van der Waals surface area (Å²) >= 11 is 0. The maximum atomic E-state index is 12.2. The molecule has 0 aromatic heterocycles. The number of hydrazone groups is 1. The van der Waals surface area contributed by atoms with Gasteiger partial charge in [0.05, 0.1) is 0 Å². The average Bonchev–Trinajstić information content (AvgIpc) is 3.45. The summed E-state index contributed by atoms with van der Waals surface area (Å²) in [6.45, 7) is 6.78. The molecule has 0 heterocycles. The van der Waals surface area contributed by atoms with Crippen molar-refractivity contribution in [3.63, 3.8) is 0 Å². The minimum absolute atomic E-state index is 0.0491. The first kappa shape index (κ1) is 19.0. The van der Waals surface area contributed by atoms with Gasteiger partial charge in [0.15, 0.2) is 6.61 Å². The number of benzene rings is 1. The minimum Gasteiger partial charge on any atom is -0.484 e. The van der Waals surface area contributed by atoms with Crippen LogP contribution in [0.15, 0.2) is 29.4 Å². The first-order valence-electron chi connectivity index (χ1n) is 10.2. The maximum Gasteiger partial charge on any atom is 0.277 e. The van der Waals surface area contributed by atoms with E-state index < -0.39 is 0 Å². The standard InChI is InChI=1S/C22H29N3O3/c1-21(2)15-9-10-22(21,3)18(11-15)24-25-19(26)13-28-17-6-4-5-16(12-17)23-20(27)14-7-8-14/h4-6,12,14-15H,7-11,13H2,1-3H3,(H,23,27)(H,25,26). The molecule has 6 nitrogen and oxygen atoms in total. The second-order valence-electron chi connectivity index (χ2n) is 9.17. The van der Waals surface area contributed by atoms with E-state index in [1.54, 1.807) is 18.2 Å². The Kier molecular flexibility index (Phi) is 4.68. The van der Waals surface area contributed by atoms with Crippen molar-refractivity contribution in [3.05, 3.63) is 24.3 Å². The summed E-state index contributed by atoms with van der Waals surface area (Å²) < 4.78 is 5.58. The van der Waals surface area contributed by atoms with E-state index in [1.807, 2.05) is 6.07 Å². The zero-order valence-corrected chi connectivity index (χ0v) is 16.9. The summed E-state index contributed by atoms with van der Waals surface area (Å²) in [6, 6.07) is 7.12. The Balaban J connectivity index is 1.30. The third-order valence-corrected chi connectivity index (χ3v) is 7.25. The third-order valence-electron chi connectivity index (χ3n) is 7.25.